The summed E-state index contributed by atoms with van der Waals surface area (Å²) in [5.41, 5.74) is 1.22. The van der Waals surface area contributed by atoms with Gasteiger partial charge in [-0.15, -0.1) is 11.8 Å². The molecule has 254 valence electrons. The van der Waals surface area contributed by atoms with Crippen molar-refractivity contribution in [2.45, 2.75) is 107 Å². The lowest BCUT2D eigenvalue weighted by atomic mass is 9.80. The SMILES string of the molecule is CC(=O)O[C@@H]1[C@H](O[Si](C)(C)C(C)(C)C)[C@@H](OC(C)=O)[C@H](SC(C)C)O[C@@H]1COC(c1ccccc1)(c1ccccc1)c1ccccc1. The predicted octanol–water partition coefficient (Wildman–Crippen LogP) is 8.12. The summed E-state index contributed by atoms with van der Waals surface area (Å²) in [7, 11) is -2.48. The van der Waals surface area contributed by atoms with Crippen LogP contribution in [-0.2, 0) is 38.6 Å². The first-order chi connectivity index (χ1) is 22.2. The Labute approximate surface area is 285 Å². The zero-order valence-electron chi connectivity index (χ0n) is 29.1. The minimum absolute atomic E-state index is 0.0515. The van der Waals surface area contributed by atoms with Gasteiger partial charge in [0.1, 0.15) is 23.2 Å². The molecular weight excluding hydrogens is 629 g/mol. The third-order valence-corrected chi connectivity index (χ3v) is 14.5. The molecule has 0 unspecified atom stereocenters. The first kappa shape index (κ1) is 36.9. The van der Waals surface area contributed by atoms with Gasteiger partial charge in [-0.05, 0) is 34.8 Å². The van der Waals surface area contributed by atoms with Gasteiger partial charge in [0.05, 0.1) is 6.61 Å². The summed E-state index contributed by atoms with van der Waals surface area (Å²) in [6.45, 7) is 17.7. The van der Waals surface area contributed by atoms with E-state index in [-0.39, 0.29) is 16.9 Å². The minimum Gasteiger partial charge on any atom is -0.457 e. The topological polar surface area (TPSA) is 80.3 Å². The summed E-state index contributed by atoms with van der Waals surface area (Å²) in [5.74, 6) is -0.936. The van der Waals surface area contributed by atoms with Crippen molar-refractivity contribution in [2.75, 3.05) is 6.61 Å². The predicted molar refractivity (Wildman–Crippen MR) is 190 cm³/mol. The fourth-order valence-corrected chi connectivity index (χ4v) is 8.08. The average molecular weight is 679 g/mol. The number of hydrogen-bond donors (Lipinski definition) is 0. The second-order valence-electron chi connectivity index (χ2n) is 13.8. The number of rotatable bonds is 12. The maximum absolute atomic E-state index is 12.7. The van der Waals surface area contributed by atoms with Crippen LogP contribution < -0.4 is 0 Å². The standard InChI is InChI=1S/C38H50O7SSi/c1-26(2)46-36-35(43-28(4)40)34(45-47(8,9)37(5,6)7)33(42-27(3)39)32(44-36)25-41-38(29-19-13-10-14-20-29,30-21-15-11-16-22-30)31-23-17-12-18-24-31/h10-24,26,32-36H,25H2,1-9H3/t32-,33+,34+,35-,36+/m1/s1. The highest BCUT2D eigenvalue weighted by molar-refractivity contribution is 8.00. The lowest BCUT2D eigenvalue weighted by Crippen LogP contribution is -2.64. The fraction of sp³-hybridized carbons (Fsp3) is 0.474. The smallest absolute Gasteiger partial charge is 0.303 e. The molecule has 3 aromatic rings. The Kier molecular flexibility index (Phi) is 12.2. The highest BCUT2D eigenvalue weighted by Crippen LogP contribution is 2.44. The number of hydrogen-bond acceptors (Lipinski definition) is 8. The summed E-state index contributed by atoms with van der Waals surface area (Å²) in [6.07, 6.45) is -3.24. The normalized spacial score (nSPS) is 22.1. The van der Waals surface area contributed by atoms with Crippen molar-refractivity contribution in [2.24, 2.45) is 0 Å². The van der Waals surface area contributed by atoms with Gasteiger partial charge in [0.15, 0.2) is 20.5 Å². The summed E-state index contributed by atoms with van der Waals surface area (Å²) in [6, 6.07) is 30.3. The van der Waals surface area contributed by atoms with E-state index in [0.29, 0.717) is 0 Å². The van der Waals surface area contributed by atoms with Crippen LogP contribution in [0, 0.1) is 0 Å². The molecule has 7 nitrogen and oxygen atoms in total. The second-order valence-corrected chi connectivity index (χ2v) is 20.2. The van der Waals surface area contributed by atoms with E-state index in [1.807, 2.05) is 54.6 Å². The number of carbonyl (C=O) groups excluding carboxylic acids is 2. The molecule has 5 atom stereocenters. The van der Waals surface area contributed by atoms with Gasteiger partial charge in [0, 0.05) is 19.1 Å². The third-order valence-electron chi connectivity index (χ3n) is 8.84. The van der Waals surface area contributed by atoms with Crippen LogP contribution in [0.4, 0.5) is 0 Å². The molecular formula is C38H50O7SSi. The third kappa shape index (κ3) is 8.75. The summed E-state index contributed by atoms with van der Waals surface area (Å²) in [4.78, 5) is 25.3. The highest BCUT2D eigenvalue weighted by atomic mass is 32.2. The van der Waals surface area contributed by atoms with E-state index < -0.39 is 55.7 Å². The van der Waals surface area contributed by atoms with Crippen LogP contribution in [0.25, 0.3) is 0 Å². The highest BCUT2D eigenvalue weighted by Gasteiger charge is 2.54. The van der Waals surface area contributed by atoms with Crippen molar-refractivity contribution >= 4 is 32.0 Å². The summed E-state index contributed by atoms with van der Waals surface area (Å²) < 4.78 is 33.0. The molecule has 0 radical (unpaired) electrons. The van der Waals surface area contributed by atoms with Crippen molar-refractivity contribution in [1.82, 2.24) is 0 Å². The Morgan fingerprint density at radius 3 is 1.55 bits per heavy atom. The van der Waals surface area contributed by atoms with Crippen LogP contribution in [0.5, 0.6) is 0 Å². The minimum atomic E-state index is -2.48. The Bertz CT molecular complexity index is 1350. The molecule has 0 spiro atoms. The molecule has 0 saturated carbocycles. The molecule has 9 heteroatoms. The largest absolute Gasteiger partial charge is 0.457 e. The Hall–Kier alpha value is -2.95. The van der Waals surface area contributed by atoms with Crippen molar-refractivity contribution in [3.05, 3.63) is 108 Å². The van der Waals surface area contributed by atoms with Crippen molar-refractivity contribution in [3.8, 4) is 0 Å². The van der Waals surface area contributed by atoms with Gasteiger partial charge in [-0.2, -0.15) is 0 Å². The van der Waals surface area contributed by atoms with Gasteiger partial charge in [0.2, 0.25) is 0 Å². The van der Waals surface area contributed by atoms with E-state index >= 15 is 0 Å². The molecule has 1 saturated heterocycles. The monoisotopic (exact) mass is 678 g/mol. The maximum atomic E-state index is 12.7. The molecule has 1 aliphatic rings. The van der Waals surface area contributed by atoms with E-state index in [2.05, 4.69) is 84.1 Å². The van der Waals surface area contributed by atoms with Crippen LogP contribution in [0.15, 0.2) is 91.0 Å². The van der Waals surface area contributed by atoms with E-state index in [1.165, 1.54) is 13.8 Å². The molecule has 1 fully saturated rings. The van der Waals surface area contributed by atoms with Crippen molar-refractivity contribution in [1.29, 1.82) is 0 Å². The summed E-state index contributed by atoms with van der Waals surface area (Å²) >= 11 is 1.55. The number of thioether (sulfide) groups is 1. The van der Waals surface area contributed by atoms with Crippen LogP contribution in [0.3, 0.4) is 0 Å². The molecule has 4 rings (SSSR count). The number of ether oxygens (including phenoxy) is 4. The van der Waals surface area contributed by atoms with Crippen molar-refractivity contribution in [3.63, 3.8) is 0 Å². The Morgan fingerprint density at radius 1 is 0.745 bits per heavy atom. The molecule has 0 aromatic heterocycles. The van der Waals surface area contributed by atoms with Crippen LogP contribution >= 0.6 is 11.8 Å². The van der Waals surface area contributed by atoms with E-state index in [9.17, 15) is 9.59 Å². The lowest BCUT2D eigenvalue weighted by Gasteiger charge is -2.50. The van der Waals surface area contributed by atoms with E-state index in [4.69, 9.17) is 23.4 Å². The second kappa shape index (κ2) is 15.5. The zero-order valence-corrected chi connectivity index (χ0v) is 30.9. The molecule has 1 heterocycles. The first-order valence-electron chi connectivity index (χ1n) is 16.3. The molecule has 0 N–H and O–H groups in total. The van der Waals surface area contributed by atoms with Crippen LogP contribution in [-0.4, -0.2) is 62.0 Å². The number of esters is 2. The Morgan fingerprint density at radius 2 is 1.17 bits per heavy atom. The van der Waals surface area contributed by atoms with Crippen LogP contribution in [0.1, 0.15) is 65.2 Å². The van der Waals surface area contributed by atoms with Crippen molar-refractivity contribution < 1.29 is 33.0 Å². The van der Waals surface area contributed by atoms with Gasteiger partial charge in [-0.3, -0.25) is 9.59 Å². The molecule has 0 amide bonds. The van der Waals surface area contributed by atoms with E-state index in [1.54, 1.807) is 11.8 Å². The summed E-state index contributed by atoms with van der Waals surface area (Å²) in [5, 5.41) is -0.0155. The van der Waals surface area contributed by atoms with Gasteiger partial charge in [0.25, 0.3) is 0 Å². The number of benzene rings is 3. The van der Waals surface area contributed by atoms with Gasteiger partial charge in [-0.1, -0.05) is 126 Å². The van der Waals surface area contributed by atoms with Gasteiger partial charge in [-0.25, -0.2) is 0 Å². The quantitative estimate of drug-likeness (QED) is 0.108. The Balaban J connectivity index is 1.86. The fourth-order valence-electron chi connectivity index (χ4n) is 5.67. The zero-order chi connectivity index (χ0) is 34.4. The maximum Gasteiger partial charge on any atom is 0.303 e. The first-order valence-corrected chi connectivity index (χ1v) is 20.1. The van der Waals surface area contributed by atoms with Crippen LogP contribution in [0.2, 0.25) is 18.1 Å². The molecule has 1 aliphatic heterocycles. The average Bonchev–Trinajstić information content (AvgIpc) is 3.01. The molecule has 0 bridgehead atoms. The molecule has 47 heavy (non-hydrogen) atoms. The molecule has 0 aliphatic carbocycles. The van der Waals surface area contributed by atoms with E-state index in [0.717, 1.165) is 16.7 Å². The van der Waals surface area contributed by atoms with Gasteiger partial charge < -0.3 is 23.4 Å². The van der Waals surface area contributed by atoms with Gasteiger partial charge >= 0.3 is 11.9 Å². The molecule has 3 aromatic carbocycles. The number of carbonyl (C=O) groups is 2. The lowest BCUT2D eigenvalue weighted by molar-refractivity contribution is -0.231.